The van der Waals surface area contributed by atoms with E-state index in [1.165, 1.54) is 12.1 Å². The quantitative estimate of drug-likeness (QED) is 0.830. The van der Waals surface area contributed by atoms with E-state index in [0.717, 1.165) is 31.6 Å². The van der Waals surface area contributed by atoms with Crippen molar-refractivity contribution in [3.8, 4) is 5.75 Å². The van der Waals surface area contributed by atoms with Crippen LogP contribution in [-0.2, 0) is 11.3 Å². The molecule has 1 atom stereocenters. The van der Waals surface area contributed by atoms with E-state index in [9.17, 15) is 4.39 Å². The Bertz CT molecular complexity index is 698. The molecule has 134 valence electrons. The van der Waals surface area contributed by atoms with Crippen LogP contribution in [0.1, 0.15) is 12.0 Å². The molecule has 1 aromatic heterocycles. The minimum absolute atomic E-state index is 0.304. The second-order valence-electron chi connectivity index (χ2n) is 6.26. The molecular formula is C18H23FN4O2. The third-order valence-electron chi connectivity index (χ3n) is 4.46. The van der Waals surface area contributed by atoms with Crippen LogP contribution in [0.5, 0.6) is 5.75 Å². The van der Waals surface area contributed by atoms with Gasteiger partial charge in [-0.2, -0.15) is 0 Å². The van der Waals surface area contributed by atoms with E-state index in [1.54, 1.807) is 26.3 Å². The summed E-state index contributed by atoms with van der Waals surface area (Å²) in [4.78, 5) is 10.8. The third kappa shape index (κ3) is 4.43. The van der Waals surface area contributed by atoms with Gasteiger partial charge in [-0.15, -0.1) is 0 Å². The van der Waals surface area contributed by atoms with E-state index in [1.807, 2.05) is 12.4 Å². The summed E-state index contributed by atoms with van der Waals surface area (Å²) in [6, 6.07) is 6.17. The van der Waals surface area contributed by atoms with Crippen LogP contribution in [0.2, 0.25) is 0 Å². The lowest BCUT2D eigenvalue weighted by Crippen LogP contribution is -2.41. The molecular weight excluding hydrogens is 323 g/mol. The fraction of sp³-hybridized carbons (Fsp3) is 0.444. The van der Waals surface area contributed by atoms with Crippen LogP contribution < -0.4 is 10.1 Å². The second-order valence-corrected chi connectivity index (χ2v) is 6.26. The molecule has 6 nitrogen and oxygen atoms in total. The zero-order valence-corrected chi connectivity index (χ0v) is 14.5. The highest BCUT2D eigenvalue weighted by molar-refractivity contribution is 5.24. The van der Waals surface area contributed by atoms with Crippen molar-refractivity contribution in [3.63, 3.8) is 0 Å². The van der Waals surface area contributed by atoms with Gasteiger partial charge in [-0.3, -0.25) is 4.90 Å². The van der Waals surface area contributed by atoms with E-state index in [2.05, 4.69) is 20.2 Å². The Morgan fingerprint density at radius 2 is 2.12 bits per heavy atom. The van der Waals surface area contributed by atoms with E-state index < -0.39 is 5.60 Å². The number of halogens is 1. The summed E-state index contributed by atoms with van der Waals surface area (Å²) < 4.78 is 24.8. The number of rotatable bonds is 7. The third-order valence-corrected chi connectivity index (χ3v) is 4.46. The van der Waals surface area contributed by atoms with E-state index in [4.69, 9.17) is 9.47 Å². The highest BCUT2D eigenvalue weighted by atomic mass is 19.1. The molecule has 1 fully saturated rings. The topological polar surface area (TPSA) is 59.5 Å². The van der Waals surface area contributed by atoms with Crippen LogP contribution in [0.25, 0.3) is 0 Å². The zero-order chi connectivity index (χ0) is 17.7. The smallest absolute Gasteiger partial charge is 0.222 e. The SMILES string of the molecule is CNc1ncc(CN2CCC(COc3cccc(F)c3)(OC)C2)cn1. The number of nitrogens with one attached hydrogen (secondary N) is 1. The average molecular weight is 346 g/mol. The van der Waals surface area contributed by atoms with Gasteiger partial charge in [0.15, 0.2) is 0 Å². The lowest BCUT2D eigenvalue weighted by Gasteiger charge is -2.28. The summed E-state index contributed by atoms with van der Waals surface area (Å²) in [5.74, 6) is 0.827. The lowest BCUT2D eigenvalue weighted by atomic mass is 10.0. The molecule has 1 aromatic carbocycles. The molecule has 0 amide bonds. The van der Waals surface area contributed by atoms with Crippen molar-refractivity contribution in [1.29, 1.82) is 0 Å². The molecule has 0 saturated carbocycles. The van der Waals surface area contributed by atoms with Crippen molar-refractivity contribution >= 4 is 5.95 Å². The van der Waals surface area contributed by atoms with Gasteiger partial charge in [-0.05, 0) is 18.6 Å². The second kappa shape index (κ2) is 7.76. The Balaban J connectivity index is 1.57. The van der Waals surface area contributed by atoms with Crippen molar-refractivity contribution in [1.82, 2.24) is 14.9 Å². The molecule has 1 unspecified atom stereocenters. The van der Waals surface area contributed by atoms with Gasteiger partial charge in [-0.1, -0.05) is 6.07 Å². The molecule has 2 aromatic rings. The first-order chi connectivity index (χ1) is 12.1. The van der Waals surface area contributed by atoms with Gasteiger partial charge in [0.1, 0.15) is 23.8 Å². The molecule has 0 radical (unpaired) electrons. The predicted octanol–water partition coefficient (Wildman–Crippen LogP) is 2.33. The Morgan fingerprint density at radius 3 is 2.80 bits per heavy atom. The monoisotopic (exact) mass is 346 g/mol. The molecule has 1 saturated heterocycles. The van der Waals surface area contributed by atoms with Crippen LogP contribution in [0, 0.1) is 5.82 Å². The van der Waals surface area contributed by atoms with Crippen molar-refractivity contribution in [2.75, 3.05) is 39.2 Å². The maximum absolute atomic E-state index is 13.3. The summed E-state index contributed by atoms with van der Waals surface area (Å²) in [6.45, 7) is 2.79. The standard InChI is InChI=1S/C18H23FN4O2/c1-20-17-21-9-14(10-22-17)11-23-7-6-18(12-23,24-2)13-25-16-5-3-4-15(19)8-16/h3-5,8-10H,6-7,11-13H2,1-2H3,(H,20,21,22). The summed E-state index contributed by atoms with van der Waals surface area (Å²) in [6.07, 6.45) is 4.51. The Labute approximate surface area is 147 Å². The van der Waals surface area contributed by atoms with Crippen molar-refractivity contribution in [2.24, 2.45) is 0 Å². The number of hydrogen-bond acceptors (Lipinski definition) is 6. The molecule has 3 rings (SSSR count). The Morgan fingerprint density at radius 1 is 1.32 bits per heavy atom. The first-order valence-electron chi connectivity index (χ1n) is 8.27. The van der Waals surface area contributed by atoms with E-state index >= 15 is 0 Å². The maximum atomic E-state index is 13.3. The number of benzene rings is 1. The van der Waals surface area contributed by atoms with E-state index in [0.29, 0.717) is 18.3 Å². The molecule has 25 heavy (non-hydrogen) atoms. The molecule has 2 heterocycles. The largest absolute Gasteiger partial charge is 0.490 e. The normalized spacial score (nSPS) is 20.6. The van der Waals surface area contributed by atoms with Crippen LogP contribution in [0.15, 0.2) is 36.7 Å². The molecule has 1 N–H and O–H groups in total. The minimum atomic E-state index is -0.391. The van der Waals surface area contributed by atoms with Crippen molar-refractivity contribution in [2.45, 2.75) is 18.6 Å². The summed E-state index contributed by atoms with van der Waals surface area (Å²) in [7, 11) is 3.49. The lowest BCUT2D eigenvalue weighted by molar-refractivity contribution is -0.0360. The number of ether oxygens (including phenoxy) is 2. The van der Waals surface area contributed by atoms with Crippen molar-refractivity contribution in [3.05, 3.63) is 48.0 Å². The number of likely N-dealkylation sites (tertiary alicyclic amines) is 1. The van der Waals surface area contributed by atoms with Crippen LogP contribution in [0.4, 0.5) is 10.3 Å². The predicted molar refractivity (Wildman–Crippen MR) is 93.1 cm³/mol. The molecule has 0 spiro atoms. The minimum Gasteiger partial charge on any atom is -0.490 e. The van der Waals surface area contributed by atoms with Gasteiger partial charge >= 0.3 is 0 Å². The molecule has 0 aliphatic carbocycles. The van der Waals surface area contributed by atoms with Gasteiger partial charge in [0.2, 0.25) is 5.95 Å². The molecule has 0 bridgehead atoms. The van der Waals surface area contributed by atoms with Crippen molar-refractivity contribution < 1.29 is 13.9 Å². The van der Waals surface area contributed by atoms with Crippen LogP contribution >= 0.6 is 0 Å². The zero-order valence-electron chi connectivity index (χ0n) is 14.5. The van der Waals surface area contributed by atoms with Gasteiger partial charge in [0.25, 0.3) is 0 Å². The molecule has 7 heteroatoms. The molecule has 1 aliphatic rings. The number of aromatic nitrogens is 2. The highest BCUT2D eigenvalue weighted by Crippen LogP contribution is 2.27. The average Bonchev–Trinajstić information content (AvgIpc) is 3.04. The summed E-state index contributed by atoms with van der Waals surface area (Å²) >= 11 is 0. The Hall–Kier alpha value is -2.25. The highest BCUT2D eigenvalue weighted by Gasteiger charge is 2.39. The number of hydrogen-bond donors (Lipinski definition) is 1. The first kappa shape index (κ1) is 17.6. The fourth-order valence-corrected chi connectivity index (χ4v) is 3.00. The fourth-order valence-electron chi connectivity index (χ4n) is 3.00. The van der Waals surface area contributed by atoms with Gasteiger partial charge in [0.05, 0.1) is 0 Å². The first-order valence-corrected chi connectivity index (χ1v) is 8.27. The number of anilines is 1. The summed E-state index contributed by atoms with van der Waals surface area (Å²) in [5, 5.41) is 2.91. The number of nitrogens with zero attached hydrogens (tertiary/aromatic N) is 3. The van der Waals surface area contributed by atoms with Crippen LogP contribution in [-0.4, -0.2) is 54.3 Å². The van der Waals surface area contributed by atoms with Gasteiger partial charge in [-0.25, -0.2) is 14.4 Å². The van der Waals surface area contributed by atoms with Gasteiger partial charge < -0.3 is 14.8 Å². The number of methoxy groups -OCH3 is 1. The molecule has 1 aliphatic heterocycles. The Kier molecular flexibility index (Phi) is 5.45. The van der Waals surface area contributed by atoms with E-state index in [-0.39, 0.29) is 5.82 Å². The van der Waals surface area contributed by atoms with Gasteiger partial charge in [0, 0.05) is 57.8 Å². The summed E-state index contributed by atoms with van der Waals surface area (Å²) in [5.41, 5.74) is 0.662. The maximum Gasteiger partial charge on any atom is 0.222 e. The van der Waals surface area contributed by atoms with Crippen LogP contribution in [0.3, 0.4) is 0 Å².